The van der Waals surface area contributed by atoms with Crippen molar-refractivity contribution in [1.29, 1.82) is 0 Å². The lowest BCUT2D eigenvalue weighted by Crippen LogP contribution is -2.57. The second-order valence-corrected chi connectivity index (χ2v) is 14.8. The molecule has 1 heterocycles. The van der Waals surface area contributed by atoms with Gasteiger partial charge in [-0.25, -0.2) is 9.59 Å². The molecule has 1 aliphatic carbocycles. The minimum atomic E-state index is -0.815. The molecule has 2 aliphatic rings. The number of nitrogens with one attached hydrogen (secondary N) is 1. The number of amides is 3. The quantitative estimate of drug-likeness (QED) is 0.130. The van der Waals surface area contributed by atoms with Crippen LogP contribution in [0.5, 0.6) is 5.75 Å². The maximum atomic E-state index is 14.6. The zero-order chi connectivity index (χ0) is 36.9. The summed E-state index contributed by atoms with van der Waals surface area (Å²) in [4.78, 5) is 45.1. The number of hydrogen-bond donors (Lipinski definition) is 1. The second kappa shape index (κ2) is 18.9. The summed E-state index contributed by atoms with van der Waals surface area (Å²) in [6.45, 7) is 7.59. The first-order chi connectivity index (χ1) is 25.1. The van der Waals surface area contributed by atoms with Crippen LogP contribution in [0.25, 0.3) is 0 Å². The van der Waals surface area contributed by atoms with Gasteiger partial charge in [-0.3, -0.25) is 9.69 Å². The smallest absolute Gasteiger partial charge is 0.329 e. The molecule has 1 saturated carbocycles. The van der Waals surface area contributed by atoms with Crippen molar-refractivity contribution in [2.75, 3.05) is 31.7 Å². The summed E-state index contributed by atoms with van der Waals surface area (Å²) in [5.41, 5.74) is 2.06. The number of carbonyl (C=O) groups is 3. The highest BCUT2D eigenvalue weighted by molar-refractivity contribution is 5.96. The van der Waals surface area contributed by atoms with Gasteiger partial charge in [0, 0.05) is 45.0 Å². The lowest BCUT2D eigenvalue weighted by Gasteiger charge is -2.35. The summed E-state index contributed by atoms with van der Waals surface area (Å²) in [5.74, 6) is -0.162. The van der Waals surface area contributed by atoms with Crippen molar-refractivity contribution in [1.82, 2.24) is 10.2 Å². The highest BCUT2D eigenvalue weighted by atomic mass is 16.6. The third kappa shape index (κ3) is 11.5. The van der Waals surface area contributed by atoms with Gasteiger partial charge in [-0.1, -0.05) is 86.0 Å². The van der Waals surface area contributed by atoms with E-state index in [4.69, 9.17) is 18.9 Å². The molecule has 3 aromatic rings. The molecule has 1 saturated heterocycles. The van der Waals surface area contributed by atoms with Crippen LogP contribution in [0.15, 0.2) is 84.9 Å². The fourth-order valence-electron chi connectivity index (χ4n) is 6.83. The summed E-state index contributed by atoms with van der Waals surface area (Å²) in [6, 6.07) is 25.2. The van der Waals surface area contributed by atoms with E-state index in [1.807, 2.05) is 106 Å². The molecule has 1 unspecified atom stereocenters. The molecule has 10 heteroatoms. The number of nitrogens with zero attached hydrogens (tertiary/aromatic N) is 2. The second-order valence-electron chi connectivity index (χ2n) is 14.8. The number of ether oxygens (including phenoxy) is 4. The third-order valence-corrected chi connectivity index (χ3v) is 9.55. The van der Waals surface area contributed by atoms with Gasteiger partial charge in [-0.05, 0) is 69.2 Å². The Kier molecular flexibility index (Phi) is 14.1. The van der Waals surface area contributed by atoms with E-state index in [2.05, 4.69) is 5.32 Å². The van der Waals surface area contributed by atoms with Gasteiger partial charge in [0.1, 0.15) is 30.0 Å². The molecule has 2 fully saturated rings. The van der Waals surface area contributed by atoms with Crippen LogP contribution < -0.4 is 15.0 Å². The highest BCUT2D eigenvalue weighted by Gasteiger charge is 2.46. The lowest BCUT2D eigenvalue weighted by molar-refractivity contribution is -0.163. The van der Waals surface area contributed by atoms with Gasteiger partial charge in [0.2, 0.25) is 5.91 Å². The number of hydrogen-bond acceptors (Lipinski definition) is 7. The molecule has 1 aliphatic heterocycles. The number of anilines is 1. The van der Waals surface area contributed by atoms with Crippen LogP contribution in [0, 0.1) is 5.92 Å². The van der Waals surface area contributed by atoms with Gasteiger partial charge in [0.25, 0.3) is 0 Å². The SMILES string of the molecule is CN(C(=O)N[C@H](C(=O)N1CC(OCCCOCc2ccccc2)C[C@H]1C(=O)OC(C)(C)C)C1CCCCC1)c1cccc(OCc2ccccc2)c1. The predicted molar refractivity (Wildman–Crippen MR) is 201 cm³/mol. The zero-order valence-corrected chi connectivity index (χ0v) is 31.1. The van der Waals surface area contributed by atoms with Crippen molar-refractivity contribution in [2.24, 2.45) is 5.92 Å². The maximum Gasteiger partial charge on any atom is 0.329 e. The highest BCUT2D eigenvalue weighted by Crippen LogP contribution is 2.31. The van der Waals surface area contributed by atoms with Crippen LogP contribution in [0.1, 0.15) is 76.8 Å². The summed E-state index contributed by atoms with van der Waals surface area (Å²) in [5, 5.41) is 3.09. The maximum absolute atomic E-state index is 14.6. The Morgan fingerprint density at radius 3 is 2.21 bits per heavy atom. The number of benzene rings is 3. The standard InChI is InChI=1S/C42H55N3O7/c1-42(2,3)52-40(47)37-27-36(50-25-15-24-49-29-31-16-8-5-9-17-31)28-45(37)39(46)38(33-20-12-7-13-21-33)43-41(48)44(4)34-22-14-23-35(26-34)51-30-32-18-10-6-11-19-32/h5-6,8-11,14,16-19,22-23,26,33,36-38H,7,12-13,15,20-21,24-25,27-30H2,1-4H3,(H,43,48)/t36?,37-,38-/m0/s1. The number of esters is 1. The van der Waals surface area contributed by atoms with Crippen molar-refractivity contribution >= 4 is 23.6 Å². The van der Waals surface area contributed by atoms with Crippen molar-refractivity contribution in [3.63, 3.8) is 0 Å². The average Bonchev–Trinajstić information content (AvgIpc) is 3.59. The fraction of sp³-hybridized carbons (Fsp3) is 0.500. The van der Waals surface area contributed by atoms with Crippen molar-refractivity contribution < 1.29 is 33.3 Å². The van der Waals surface area contributed by atoms with E-state index in [0.29, 0.717) is 50.7 Å². The average molecular weight is 714 g/mol. The van der Waals surface area contributed by atoms with E-state index in [-0.39, 0.29) is 24.5 Å². The van der Waals surface area contributed by atoms with Gasteiger partial charge in [0.05, 0.1) is 12.7 Å². The van der Waals surface area contributed by atoms with Crippen LogP contribution >= 0.6 is 0 Å². The van der Waals surface area contributed by atoms with Crippen molar-refractivity contribution in [3.05, 3.63) is 96.1 Å². The van der Waals surface area contributed by atoms with E-state index in [1.54, 1.807) is 11.9 Å². The van der Waals surface area contributed by atoms with E-state index in [9.17, 15) is 14.4 Å². The lowest BCUT2D eigenvalue weighted by atomic mass is 9.83. The molecule has 3 atom stereocenters. The molecule has 0 bridgehead atoms. The summed E-state index contributed by atoms with van der Waals surface area (Å²) in [7, 11) is 1.68. The van der Waals surface area contributed by atoms with E-state index in [1.165, 1.54) is 4.90 Å². The first-order valence-electron chi connectivity index (χ1n) is 18.6. The molecule has 5 rings (SSSR count). The zero-order valence-electron chi connectivity index (χ0n) is 31.1. The Hall–Kier alpha value is -4.41. The van der Waals surface area contributed by atoms with E-state index in [0.717, 1.165) is 43.2 Å². The first kappa shape index (κ1) is 38.8. The molecular weight excluding hydrogens is 658 g/mol. The Morgan fingerprint density at radius 1 is 0.865 bits per heavy atom. The minimum Gasteiger partial charge on any atom is -0.489 e. The Bertz CT molecular complexity index is 1570. The van der Waals surface area contributed by atoms with Crippen LogP contribution in [-0.2, 0) is 37.0 Å². The van der Waals surface area contributed by atoms with Crippen molar-refractivity contribution in [3.8, 4) is 5.75 Å². The Labute approximate surface area is 308 Å². The van der Waals surface area contributed by atoms with E-state index < -0.39 is 29.7 Å². The van der Waals surface area contributed by atoms with Crippen molar-refractivity contribution in [2.45, 2.75) is 103 Å². The fourth-order valence-corrected chi connectivity index (χ4v) is 6.83. The van der Waals surface area contributed by atoms with Gasteiger partial charge < -0.3 is 29.2 Å². The van der Waals surface area contributed by atoms with Crippen LogP contribution in [0.3, 0.4) is 0 Å². The molecular formula is C42H55N3O7. The van der Waals surface area contributed by atoms with Crippen LogP contribution in [0.4, 0.5) is 10.5 Å². The molecule has 3 amide bonds. The number of urea groups is 1. The number of likely N-dealkylation sites (tertiary alicyclic amines) is 1. The molecule has 3 aromatic carbocycles. The number of carbonyl (C=O) groups excluding carboxylic acids is 3. The molecule has 10 nitrogen and oxygen atoms in total. The molecule has 1 N–H and O–H groups in total. The minimum absolute atomic E-state index is 0.0554. The molecule has 280 valence electrons. The summed E-state index contributed by atoms with van der Waals surface area (Å²) < 4.78 is 23.8. The topological polar surface area (TPSA) is 107 Å². The van der Waals surface area contributed by atoms with Crippen LogP contribution in [-0.4, -0.2) is 73.4 Å². The third-order valence-electron chi connectivity index (χ3n) is 9.55. The normalized spacial score (nSPS) is 18.4. The molecule has 0 radical (unpaired) electrons. The first-order valence-corrected chi connectivity index (χ1v) is 18.6. The number of rotatable bonds is 15. The Balaban J connectivity index is 1.25. The summed E-state index contributed by atoms with van der Waals surface area (Å²) >= 11 is 0. The Morgan fingerprint density at radius 2 is 1.54 bits per heavy atom. The molecule has 52 heavy (non-hydrogen) atoms. The van der Waals surface area contributed by atoms with Gasteiger partial charge >= 0.3 is 12.0 Å². The summed E-state index contributed by atoms with van der Waals surface area (Å²) in [6.07, 6.45) is 5.35. The van der Waals surface area contributed by atoms with Gasteiger partial charge in [-0.2, -0.15) is 0 Å². The van der Waals surface area contributed by atoms with Crippen LogP contribution in [0.2, 0.25) is 0 Å². The van der Waals surface area contributed by atoms with Gasteiger partial charge in [0.15, 0.2) is 0 Å². The largest absolute Gasteiger partial charge is 0.489 e. The monoisotopic (exact) mass is 713 g/mol. The predicted octanol–water partition coefficient (Wildman–Crippen LogP) is 7.30. The van der Waals surface area contributed by atoms with Gasteiger partial charge in [-0.15, -0.1) is 0 Å². The molecule has 0 spiro atoms. The molecule has 0 aromatic heterocycles. The van der Waals surface area contributed by atoms with E-state index >= 15 is 0 Å².